The molecule has 0 aliphatic carbocycles. The number of hydrogen-bond acceptors (Lipinski definition) is 9. The Kier molecular flexibility index (Phi) is 8.48. The molecule has 2 aliphatic rings. The minimum Gasteiger partial charge on any atom is -0.391 e. The Labute approximate surface area is 162 Å². The average Bonchev–Trinajstić information content (AvgIpc) is 3.07. The van der Waals surface area contributed by atoms with Crippen molar-refractivity contribution in [3.8, 4) is 0 Å². The van der Waals surface area contributed by atoms with E-state index in [2.05, 4.69) is 17.6 Å². The Morgan fingerprint density at radius 3 is 2.58 bits per heavy atom. The van der Waals surface area contributed by atoms with E-state index >= 15 is 0 Å². The van der Waals surface area contributed by atoms with Gasteiger partial charge in [0, 0.05) is 11.8 Å². The SMILES string of the molecule is CCS[C@@H]1CN[C@H](C(=O)N[C@@H]([C@H]2O[C@H](SC)[C@H](O)[C@@H](O)[C@H]2O)[C@@H](C)O)C1. The molecule has 0 spiro atoms. The fraction of sp³-hybridized carbons (Fsp3) is 0.938. The molecule has 2 fully saturated rings. The van der Waals surface area contributed by atoms with Gasteiger partial charge in [-0.2, -0.15) is 11.8 Å². The molecular weight excluding hydrogens is 380 g/mol. The van der Waals surface area contributed by atoms with Gasteiger partial charge in [0.1, 0.15) is 29.9 Å². The molecule has 8 nitrogen and oxygen atoms in total. The minimum absolute atomic E-state index is 0.271. The van der Waals surface area contributed by atoms with Gasteiger partial charge in [0.05, 0.1) is 18.2 Å². The lowest BCUT2D eigenvalue weighted by molar-refractivity contribution is -0.211. The zero-order chi connectivity index (χ0) is 19.4. The maximum Gasteiger partial charge on any atom is 0.237 e. The Balaban J connectivity index is 2.05. The summed E-state index contributed by atoms with van der Waals surface area (Å²) in [5.74, 6) is 0.710. The predicted octanol–water partition coefficient (Wildman–Crippen LogP) is -1.49. The van der Waals surface area contributed by atoms with Crippen LogP contribution in [-0.4, -0.2) is 98.2 Å². The highest BCUT2D eigenvalue weighted by atomic mass is 32.2. The molecule has 1 amide bonds. The molecule has 0 aromatic heterocycles. The lowest BCUT2D eigenvalue weighted by Gasteiger charge is -2.44. The van der Waals surface area contributed by atoms with Gasteiger partial charge in [-0.25, -0.2) is 0 Å². The second-order valence-electron chi connectivity index (χ2n) is 6.73. The van der Waals surface area contributed by atoms with Gasteiger partial charge in [-0.05, 0) is 25.4 Å². The molecule has 2 rings (SSSR count). The number of thioether (sulfide) groups is 2. The molecule has 6 N–H and O–H groups in total. The van der Waals surface area contributed by atoms with E-state index in [1.165, 1.54) is 18.7 Å². The van der Waals surface area contributed by atoms with Crippen molar-refractivity contribution in [2.24, 2.45) is 0 Å². The molecule has 0 aromatic rings. The number of aliphatic hydroxyl groups excluding tert-OH is 4. The number of amides is 1. The number of ether oxygens (including phenoxy) is 1. The number of carbonyl (C=O) groups excluding carboxylic acids is 1. The second-order valence-corrected chi connectivity index (χ2v) is 9.24. The predicted molar refractivity (Wildman–Crippen MR) is 102 cm³/mol. The van der Waals surface area contributed by atoms with Crippen molar-refractivity contribution in [3.63, 3.8) is 0 Å². The molecule has 0 radical (unpaired) electrons. The summed E-state index contributed by atoms with van der Waals surface area (Å²) in [7, 11) is 0. The molecule has 10 heteroatoms. The molecule has 2 aliphatic heterocycles. The van der Waals surface area contributed by atoms with Crippen molar-refractivity contribution in [1.29, 1.82) is 0 Å². The molecule has 0 aromatic carbocycles. The highest BCUT2D eigenvalue weighted by Crippen LogP contribution is 2.29. The highest BCUT2D eigenvalue weighted by Gasteiger charge is 2.48. The molecule has 26 heavy (non-hydrogen) atoms. The summed E-state index contributed by atoms with van der Waals surface area (Å²) in [5, 5.41) is 46.8. The summed E-state index contributed by atoms with van der Waals surface area (Å²) in [6.07, 6.45) is -3.72. The number of rotatable bonds is 7. The number of nitrogens with one attached hydrogen (secondary N) is 2. The first-order chi connectivity index (χ1) is 12.3. The minimum atomic E-state index is -1.42. The Hall–Kier alpha value is -0.0700. The van der Waals surface area contributed by atoms with Crippen LogP contribution in [-0.2, 0) is 9.53 Å². The quantitative estimate of drug-likeness (QED) is 0.297. The molecule has 9 atom stereocenters. The van der Waals surface area contributed by atoms with Crippen LogP contribution < -0.4 is 10.6 Å². The third-order valence-electron chi connectivity index (χ3n) is 4.83. The van der Waals surface area contributed by atoms with Gasteiger partial charge in [0.15, 0.2) is 0 Å². The number of hydrogen-bond donors (Lipinski definition) is 6. The van der Waals surface area contributed by atoms with Gasteiger partial charge in [-0.3, -0.25) is 4.79 Å². The Morgan fingerprint density at radius 2 is 2.00 bits per heavy atom. The standard InChI is InChI=1S/C16H30N2O6S2/c1-4-26-8-5-9(17-6-8)15(23)18-10(7(2)19)14-12(21)11(20)13(22)16(24-14)25-3/h7-14,16-17,19-22H,4-6H2,1-3H3,(H,18,23)/t7-,8+,9+,10-,11+,12-,13-,14-,16-/m1/s1. The zero-order valence-electron chi connectivity index (χ0n) is 15.2. The van der Waals surface area contributed by atoms with E-state index in [-0.39, 0.29) is 11.9 Å². The van der Waals surface area contributed by atoms with Crippen LogP contribution in [0.4, 0.5) is 0 Å². The van der Waals surface area contributed by atoms with Crippen LogP contribution in [0.5, 0.6) is 0 Å². The first-order valence-electron chi connectivity index (χ1n) is 8.86. The van der Waals surface area contributed by atoms with Gasteiger partial charge >= 0.3 is 0 Å². The number of carbonyl (C=O) groups is 1. The summed E-state index contributed by atoms with van der Waals surface area (Å²) in [6, 6.07) is -1.28. The van der Waals surface area contributed by atoms with Crippen LogP contribution >= 0.6 is 23.5 Å². The fourth-order valence-corrected chi connectivity index (χ4v) is 5.07. The van der Waals surface area contributed by atoms with E-state index in [0.717, 1.165) is 12.3 Å². The maximum atomic E-state index is 12.6. The lowest BCUT2D eigenvalue weighted by Crippen LogP contribution is -2.65. The second kappa shape index (κ2) is 9.92. The topological polar surface area (TPSA) is 131 Å². The van der Waals surface area contributed by atoms with Gasteiger partial charge in [-0.15, -0.1) is 11.8 Å². The zero-order valence-corrected chi connectivity index (χ0v) is 16.9. The van der Waals surface area contributed by atoms with Crippen LogP contribution in [0.3, 0.4) is 0 Å². The van der Waals surface area contributed by atoms with E-state index < -0.39 is 42.0 Å². The van der Waals surface area contributed by atoms with Crippen LogP contribution in [0.25, 0.3) is 0 Å². The third-order valence-corrected chi connectivity index (χ3v) is 6.85. The summed E-state index contributed by atoms with van der Waals surface area (Å²) in [6.45, 7) is 4.31. The van der Waals surface area contributed by atoms with Gasteiger partial charge in [-0.1, -0.05) is 6.92 Å². The fourth-order valence-electron chi connectivity index (χ4n) is 3.37. The van der Waals surface area contributed by atoms with Crippen LogP contribution in [0, 0.1) is 0 Å². The van der Waals surface area contributed by atoms with E-state index in [9.17, 15) is 25.2 Å². The van der Waals surface area contributed by atoms with Gasteiger partial charge < -0.3 is 35.8 Å². The largest absolute Gasteiger partial charge is 0.391 e. The Bertz CT molecular complexity index is 470. The lowest BCUT2D eigenvalue weighted by atomic mass is 9.92. The molecule has 152 valence electrons. The molecule has 0 saturated carbocycles. The molecule has 0 unspecified atom stereocenters. The van der Waals surface area contributed by atoms with E-state index in [4.69, 9.17) is 4.74 Å². The maximum absolute atomic E-state index is 12.6. The van der Waals surface area contributed by atoms with Gasteiger partial charge in [0.2, 0.25) is 5.91 Å². The summed E-state index contributed by atoms with van der Waals surface area (Å²) in [5.41, 5.74) is -0.758. The van der Waals surface area contributed by atoms with Crippen molar-refractivity contribution in [1.82, 2.24) is 10.6 Å². The smallest absolute Gasteiger partial charge is 0.237 e. The van der Waals surface area contributed by atoms with E-state index in [1.54, 1.807) is 18.0 Å². The summed E-state index contributed by atoms with van der Waals surface area (Å²) >= 11 is 2.99. The summed E-state index contributed by atoms with van der Waals surface area (Å²) < 4.78 is 5.68. The Morgan fingerprint density at radius 1 is 1.31 bits per heavy atom. The van der Waals surface area contributed by atoms with E-state index in [0.29, 0.717) is 11.7 Å². The van der Waals surface area contributed by atoms with Gasteiger partial charge in [0.25, 0.3) is 0 Å². The summed E-state index contributed by atoms with van der Waals surface area (Å²) in [4.78, 5) is 12.6. The number of aliphatic hydroxyl groups is 4. The van der Waals surface area contributed by atoms with Crippen molar-refractivity contribution in [2.75, 3.05) is 18.6 Å². The van der Waals surface area contributed by atoms with Crippen LogP contribution in [0.2, 0.25) is 0 Å². The van der Waals surface area contributed by atoms with Crippen molar-refractivity contribution < 1.29 is 30.0 Å². The van der Waals surface area contributed by atoms with Crippen LogP contribution in [0.15, 0.2) is 0 Å². The monoisotopic (exact) mass is 410 g/mol. The first-order valence-corrected chi connectivity index (χ1v) is 11.2. The molecule has 0 bridgehead atoms. The highest BCUT2D eigenvalue weighted by molar-refractivity contribution is 7.99. The van der Waals surface area contributed by atoms with Crippen molar-refractivity contribution >= 4 is 29.4 Å². The van der Waals surface area contributed by atoms with Crippen molar-refractivity contribution in [2.45, 2.75) is 73.6 Å². The normalized spacial score (nSPS) is 40.2. The average molecular weight is 411 g/mol. The van der Waals surface area contributed by atoms with Crippen molar-refractivity contribution in [3.05, 3.63) is 0 Å². The first kappa shape index (κ1) is 22.2. The molecular formula is C16H30N2O6S2. The van der Waals surface area contributed by atoms with Crippen LogP contribution in [0.1, 0.15) is 20.3 Å². The molecule has 2 heterocycles. The third kappa shape index (κ3) is 5.05. The molecule has 2 saturated heterocycles. The van der Waals surface area contributed by atoms with E-state index in [1.807, 2.05) is 0 Å².